The lowest BCUT2D eigenvalue weighted by Crippen LogP contribution is -2.27. The van der Waals surface area contributed by atoms with E-state index in [0.29, 0.717) is 6.04 Å². The fraction of sp³-hybridized carbons (Fsp3) is 0.667. The molecule has 1 aliphatic rings. The molecule has 1 aromatic rings. The highest BCUT2D eigenvalue weighted by molar-refractivity contribution is 8.00. The molecule has 0 aliphatic carbocycles. The summed E-state index contributed by atoms with van der Waals surface area (Å²) in [5.74, 6) is 2.41. The zero-order chi connectivity index (χ0) is 10.5. The van der Waals surface area contributed by atoms with E-state index in [1.54, 1.807) is 6.26 Å². The lowest BCUT2D eigenvalue weighted by Gasteiger charge is -2.17. The summed E-state index contributed by atoms with van der Waals surface area (Å²) in [6, 6.07) is 4.41. The van der Waals surface area contributed by atoms with Crippen molar-refractivity contribution in [2.75, 3.05) is 12.3 Å². The van der Waals surface area contributed by atoms with Crippen LogP contribution in [-0.4, -0.2) is 17.5 Å². The second kappa shape index (κ2) is 5.61. The number of hydrogen-bond donors (Lipinski definition) is 1. The Morgan fingerprint density at radius 3 is 3.20 bits per heavy atom. The zero-order valence-electron chi connectivity index (χ0n) is 9.24. The normalized spacial score (nSPS) is 23.1. The Kier molecular flexibility index (Phi) is 4.15. The Hall–Kier alpha value is -0.410. The number of rotatable bonds is 5. The number of nitrogens with one attached hydrogen (secondary N) is 1. The molecule has 0 aromatic carbocycles. The van der Waals surface area contributed by atoms with E-state index in [4.69, 9.17) is 4.42 Å². The minimum Gasteiger partial charge on any atom is -0.468 e. The molecule has 3 heteroatoms. The molecule has 2 nitrogen and oxygen atoms in total. The molecule has 0 spiro atoms. The Balaban J connectivity index is 1.80. The van der Waals surface area contributed by atoms with Crippen LogP contribution in [0.25, 0.3) is 0 Å². The average Bonchev–Trinajstić information content (AvgIpc) is 2.90. The van der Waals surface area contributed by atoms with E-state index < -0.39 is 0 Å². The van der Waals surface area contributed by atoms with Gasteiger partial charge in [0.1, 0.15) is 5.76 Å². The molecule has 1 fully saturated rings. The van der Waals surface area contributed by atoms with E-state index in [2.05, 4.69) is 30.1 Å². The first-order valence-electron chi connectivity index (χ1n) is 5.78. The van der Waals surface area contributed by atoms with E-state index in [0.717, 1.165) is 24.0 Å². The second-order valence-electron chi connectivity index (χ2n) is 4.02. The van der Waals surface area contributed by atoms with Gasteiger partial charge in [0.25, 0.3) is 0 Å². The van der Waals surface area contributed by atoms with Crippen LogP contribution in [0.15, 0.2) is 22.8 Å². The standard InChI is InChI=1S/C12H19NOS/c1-2-11(12-6-3-7-14-12)13-9-10-5-4-8-15-10/h3,6-7,10-11,13H,2,4-5,8-9H2,1H3. The molecular formula is C12H19NOS. The van der Waals surface area contributed by atoms with Crippen molar-refractivity contribution < 1.29 is 4.42 Å². The highest BCUT2D eigenvalue weighted by Crippen LogP contribution is 2.26. The molecule has 0 radical (unpaired) electrons. The van der Waals surface area contributed by atoms with Crippen LogP contribution in [0.2, 0.25) is 0 Å². The Labute approximate surface area is 95.8 Å². The summed E-state index contributed by atoms with van der Waals surface area (Å²) in [6.45, 7) is 3.31. The van der Waals surface area contributed by atoms with Gasteiger partial charge in [0.2, 0.25) is 0 Å². The molecule has 2 atom stereocenters. The van der Waals surface area contributed by atoms with Crippen LogP contribution in [0.3, 0.4) is 0 Å². The van der Waals surface area contributed by atoms with Gasteiger partial charge in [-0.05, 0) is 37.1 Å². The van der Waals surface area contributed by atoms with Gasteiger partial charge in [-0.25, -0.2) is 0 Å². The first-order valence-corrected chi connectivity index (χ1v) is 6.83. The van der Waals surface area contributed by atoms with E-state index in [9.17, 15) is 0 Å². The molecule has 15 heavy (non-hydrogen) atoms. The van der Waals surface area contributed by atoms with E-state index in [1.807, 2.05) is 6.07 Å². The highest BCUT2D eigenvalue weighted by atomic mass is 32.2. The van der Waals surface area contributed by atoms with Gasteiger partial charge in [0, 0.05) is 11.8 Å². The van der Waals surface area contributed by atoms with Gasteiger partial charge >= 0.3 is 0 Å². The predicted octanol–water partition coefficient (Wildman–Crippen LogP) is 3.22. The number of thioether (sulfide) groups is 1. The van der Waals surface area contributed by atoms with Crippen molar-refractivity contribution in [2.45, 2.75) is 37.5 Å². The van der Waals surface area contributed by atoms with Gasteiger partial charge < -0.3 is 9.73 Å². The van der Waals surface area contributed by atoms with Crippen LogP contribution < -0.4 is 5.32 Å². The van der Waals surface area contributed by atoms with Crippen LogP contribution in [0.5, 0.6) is 0 Å². The number of hydrogen-bond acceptors (Lipinski definition) is 3. The monoisotopic (exact) mass is 225 g/mol. The smallest absolute Gasteiger partial charge is 0.120 e. The van der Waals surface area contributed by atoms with Crippen LogP contribution in [0.1, 0.15) is 38.0 Å². The molecule has 1 aromatic heterocycles. The minimum absolute atomic E-state index is 0.390. The lowest BCUT2D eigenvalue weighted by atomic mass is 10.1. The fourth-order valence-electron chi connectivity index (χ4n) is 2.01. The van der Waals surface area contributed by atoms with Crippen LogP contribution in [0.4, 0.5) is 0 Å². The maximum atomic E-state index is 5.43. The largest absolute Gasteiger partial charge is 0.468 e. The highest BCUT2D eigenvalue weighted by Gasteiger charge is 2.18. The molecule has 2 unspecified atom stereocenters. The first kappa shape index (κ1) is 11.1. The quantitative estimate of drug-likeness (QED) is 0.833. The predicted molar refractivity (Wildman–Crippen MR) is 65.2 cm³/mol. The van der Waals surface area contributed by atoms with Crippen molar-refractivity contribution in [3.05, 3.63) is 24.2 Å². The van der Waals surface area contributed by atoms with Gasteiger partial charge in [-0.1, -0.05) is 6.92 Å². The van der Waals surface area contributed by atoms with Crippen molar-refractivity contribution >= 4 is 11.8 Å². The molecule has 1 aliphatic heterocycles. The molecule has 84 valence electrons. The second-order valence-corrected chi connectivity index (χ2v) is 5.43. The molecule has 1 N–H and O–H groups in total. The summed E-state index contributed by atoms with van der Waals surface area (Å²) in [6.07, 6.45) is 5.59. The Morgan fingerprint density at radius 2 is 2.60 bits per heavy atom. The van der Waals surface area contributed by atoms with Crippen LogP contribution in [0, 0.1) is 0 Å². The maximum absolute atomic E-state index is 5.43. The van der Waals surface area contributed by atoms with E-state index in [1.165, 1.54) is 18.6 Å². The van der Waals surface area contributed by atoms with Crippen molar-refractivity contribution in [3.63, 3.8) is 0 Å². The van der Waals surface area contributed by atoms with Crippen molar-refractivity contribution in [1.82, 2.24) is 5.32 Å². The van der Waals surface area contributed by atoms with Crippen LogP contribution in [-0.2, 0) is 0 Å². The third-order valence-corrected chi connectivity index (χ3v) is 4.31. The van der Waals surface area contributed by atoms with Crippen LogP contribution >= 0.6 is 11.8 Å². The first-order chi connectivity index (χ1) is 7.40. The summed E-state index contributed by atoms with van der Waals surface area (Å²) in [7, 11) is 0. The van der Waals surface area contributed by atoms with Gasteiger partial charge in [-0.2, -0.15) is 11.8 Å². The van der Waals surface area contributed by atoms with Gasteiger partial charge in [-0.15, -0.1) is 0 Å². The van der Waals surface area contributed by atoms with Crippen molar-refractivity contribution in [1.29, 1.82) is 0 Å². The SMILES string of the molecule is CCC(NCC1CCCS1)c1ccco1. The third kappa shape index (κ3) is 3.02. The topological polar surface area (TPSA) is 25.2 Å². The third-order valence-electron chi connectivity index (χ3n) is 2.91. The summed E-state index contributed by atoms with van der Waals surface area (Å²) in [4.78, 5) is 0. The van der Waals surface area contributed by atoms with Crippen molar-refractivity contribution in [3.8, 4) is 0 Å². The van der Waals surface area contributed by atoms with E-state index in [-0.39, 0.29) is 0 Å². The van der Waals surface area contributed by atoms with E-state index >= 15 is 0 Å². The summed E-state index contributed by atoms with van der Waals surface area (Å²) < 4.78 is 5.43. The maximum Gasteiger partial charge on any atom is 0.120 e. The lowest BCUT2D eigenvalue weighted by molar-refractivity contribution is 0.403. The minimum atomic E-state index is 0.390. The fourth-order valence-corrected chi connectivity index (χ4v) is 3.23. The zero-order valence-corrected chi connectivity index (χ0v) is 10.1. The number of furan rings is 1. The average molecular weight is 225 g/mol. The summed E-state index contributed by atoms with van der Waals surface area (Å²) in [5, 5.41) is 4.41. The summed E-state index contributed by atoms with van der Waals surface area (Å²) >= 11 is 2.10. The van der Waals surface area contributed by atoms with Gasteiger partial charge in [0.15, 0.2) is 0 Å². The Morgan fingerprint density at radius 1 is 1.67 bits per heavy atom. The molecule has 0 saturated carbocycles. The van der Waals surface area contributed by atoms with Gasteiger partial charge in [0.05, 0.1) is 12.3 Å². The molecule has 2 rings (SSSR count). The molecular weight excluding hydrogens is 206 g/mol. The molecule has 0 amide bonds. The molecule has 2 heterocycles. The molecule has 1 saturated heterocycles. The van der Waals surface area contributed by atoms with Crippen molar-refractivity contribution in [2.24, 2.45) is 0 Å². The van der Waals surface area contributed by atoms with Gasteiger partial charge in [-0.3, -0.25) is 0 Å². The molecule has 0 bridgehead atoms. The summed E-state index contributed by atoms with van der Waals surface area (Å²) in [5.41, 5.74) is 0. The Bertz CT molecular complexity index is 267.